The van der Waals surface area contributed by atoms with E-state index in [1.54, 1.807) is 6.07 Å². The molecule has 1 amide bonds. The lowest BCUT2D eigenvalue weighted by molar-refractivity contribution is -0.0497. The van der Waals surface area contributed by atoms with Crippen molar-refractivity contribution >= 4 is 34.5 Å². The van der Waals surface area contributed by atoms with Gasteiger partial charge in [-0.1, -0.05) is 23.7 Å². The van der Waals surface area contributed by atoms with Crippen LogP contribution in [0.25, 0.3) is 0 Å². The van der Waals surface area contributed by atoms with E-state index in [-0.39, 0.29) is 16.7 Å². The van der Waals surface area contributed by atoms with E-state index in [4.69, 9.17) is 16.3 Å². The molecular formula is C21H18ClF2NO3S. The van der Waals surface area contributed by atoms with E-state index < -0.39 is 6.61 Å². The number of carbonyl (C=O) groups excluding carboxylic acids is 1. The van der Waals surface area contributed by atoms with Crippen molar-refractivity contribution in [2.24, 2.45) is 0 Å². The van der Waals surface area contributed by atoms with Crippen molar-refractivity contribution in [3.8, 4) is 11.5 Å². The highest BCUT2D eigenvalue weighted by Gasteiger charge is 2.13. The fourth-order valence-corrected chi connectivity index (χ4v) is 3.57. The van der Waals surface area contributed by atoms with Gasteiger partial charge in [-0.05, 0) is 60.7 Å². The number of alkyl halides is 2. The molecule has 3 rings (SSSR count). The van der Waals surface area contributed by atoms with E-state index in [0.29, 0.717) is 17.2 Å². The minimum atomic E-state index is -2.97. The fraction of sp³-hybridized carbons (Fsp3) is 0.190. The summed E-state index contributed by atoms with van der Waals surface area (Å²) in [4.78, 5) is 12.9. The molecule has 152 valence electrons. The van der Waals surface area contributed by atoms with Crippen molar-refractivity contribution in [2.75, 3.05) is 5.32 Å². The Kier molecular flexibility index (Phi) is 6.71. The first-order valence-corrected chi connectivity index (χ1v) is 9.91. The van der Waals surface area contributed by atoms with Crippen LogP contribution in [0.5, 0.6) is 11.5 Å². The summed E-state index contributed by atoms with van der Waals surface area (Å²) in [7, 11) is 0. The molecule has 0 atom stereocenters. The van der Waals surface area contributed by atoms with Crippen LogP contribution in [-0.2, 0) is 6.61 Å². The number of hydrogen-bond donors (Lipinski definition) is 1. The van der Waals surface area contributed by atoms with E-state index >= 15 is 0 Å². The second-order valence-electron chi connectivity index (χ2n) is 6.35. The molecule has 0 fully saturated rings. The van der Waals surface area contributed by atoms with E-state index in [1.807, 2.05) is 37.4 Å². The zero-order chi connectivity index (χ0) is 21.0. The predicted octanol–water partition coefficient (Wildman–Crippen LogP) is 6.45. The zero-order valence-corrected chi connectivity index (χ0v) is 17.2. The molecule has 0 radical (unpaired) electrons. The summed E-state index contributed by atoms with van der Waals surface area (Å²) in [5.41, 5.74) is 3.41. The Labute approximate surface area is 176 Å². The number of thiophene rings is 1. The summed E-state index contributed by atoms with van der Waals surface area (Å²) in [6, 6.07) is 11.8. The molecule has 0 saturated heterocycles. The van der Waals surface area contributed by atoms with Gasteiger partial charge in [0.2, 0.25) is 0 Å². The van der Waals surface area contributed by atoms with Gasteiger partial charge in [0.15, 0.2) is 0 Å². The van der Waals surface area contributed by atoms with Gasteiger partial charge in [0.1, 0.15) is 18.1 Å². The number of amides is 1. The van der Waals surface area contributed by atoms with E-state index in [9.17, 15) is 13.6 Å². The lowest BCUT2D eigenvalue weighted by Gasteiger charge is -2.09. The highest BCUT2D eigenvalue weighted by Crippen LogP contribution is 2.29. The fourth-order valence-electron chi connectivity index (χ4n) is 2.56. The van der Waals surface area contributed by atoms with Gasteiger partial charge < -0.3 is 14.8 Å². The number of benzene rings is 2. The molecule has 0 unspecified atom stereocenters. The third-order valence-electron chi connectivity index (χ3n) is 4.02. The molecule has 2 aromatic carbocycles. The molecule has 0 aliphatic rings. The second kappa shape index (κ2) is 9.24. The van der Waals surface area contributed by atoms with Gasteiger partial charge in [-0.3, -0.25) is 4.79 Å². The number of rotatable bonds is 7. The van der Waals surface area contributed by atoms with E-state index in [1.165, 1.54) is 29.5 Å². The van der Waals surface area contributed by atoms with Gasteiger partial charge in [-0.25, -0.2) is 0 Å². The SMILES string of the molecule is Cc1ccc(C)c(OCc2csc(C(=O)Nc3ccc(OC(F)F)c(Cl)c3)c2)c1. The number of halogens is 3. The minimum absolute atomic E-state index is 0.0168. The standard InChI is InChI=1S/C21H18ClF2NO3S/c1-12-3-4-13(2)18(7-12)27-10-14-8-19(29-11-14)20(26)25-15-5-6-17(16(22)9-15)28-21(23)24/h3-9,11,21H,10H2,1-2H3,(H,25,26). The molecule has 0 aliphatic carbocycles. The molecule has 3 aromatic rings. The van der Waals surface area contributed by atoms with Crippen LogP contribution in [0.4, 0.5) is 14.5 Å². The quantitative estimate of drug-likeness (QED) is 0.462. The van der Waals surface area contributed by atoms with Crippen molar-refractivity contribution in [3.05, 3.63) is 74.4 Å². The van der Waals surface area contributed by atoms with Crippen molar-refractivity contribution < 1.29 is 23.0 Å². The number of anilines is 1. The Balaban J connectivity index is 1.62. The molecule has 29 heavy (non-hydrogen) atoms. The monoisotopic (exact) mass is 437 g/mol. The number of aryl methyl sites for hydroxylation is 2. The Hall–Kier alpha value is -2.64. The number of carbonyl (C=O) groups is 1. The van der Waals surface area contributed by atoms with Crippen molar-refractivity contribution in [1.82, 2.24) is 0 Å². The maximum Gasteiger partial charge on any atom is 0.387 e. The Bertz CT molecular complexity index is 1020. The first-order chi connectivity index (χ1) is 13.8. The molecule has 0 bridgehead atoms. The van der Waals surface area contributed by atoms with Gasteiger partial charge in [-0.2, -0.15) is 8.78 Å². The van der Waals surface area contributed by atoms with Gasteiger partial charge in [-0.15, -0.1) is 11.3 Å². The Morgan fingerprint density at radius 1 is 1.14 bits per heavy atom. The molecule has 4 nitrogen and oxygen atoms in total. The van der Waals surface area contributed by atoms with E-state index in [2.05, 4.69) is 10.1 Å². The van der Waals surface area contributed by atoms with E-state index in [0.717, 1.165) is 22.4 Å². The van der Waals surface area contributed by atoms with Crippen LogP contribution in [0, 0.1) is 13.8 Å². The van der Waals surface area contributed by atoms with Crippen LogP contribution in [-0.4, -0.2) is 12.5 Å². The lowest BCUT2D eigenvalue weighted by Crippen LogP contribution is -2.10. The largest absolute Gasteiger partial charge is 0.489 e. The number of nitrogens with one attached hydrogen (secondary N) is 1. The van der Waals surface area contributed by atoms with Crippen LogP contribution >= 0.6 is 22.9 Å². The molecule has 8 heteroatoms. The molecule has 0 spiro atoms. The van der Waals surface area contributed by atoms with Crippen molar-refractivity contribution in [3.63, 3.8) is 0 Å². The average molecular weight is 438 g/mol. The molecular weight excluding hydrogens is 420 g/mol. The van der Waals surface area contributed by atoms with Gasteiger partial charge in [0, 0.05) is 11.3 Å². The molecule has 1 N–H and O–H groups in total. The Morgan fingerprint density at radius 2 is 1.93 bits per heavy atom. The third-order valence-corrected chi connectivity index (χ3v) is 5.29. The molecule has 0 aliphatic heterocycles. The lowest BCUT2D eigenvalue weighted by atomic mass is 10.1. The van der Waals surface area contributed by atoms with Crippen molar-refractivity contribution in [1.29, 1.82) is 0 Å². The maximum absolute atomic E-state index is 12.4. The van der Waals surface area contributed by atoms with Crippen LogP contribution < -0.4 is 14.8 Å². The summed E-state index contributed by atoms with van der Waals surface area (Å²) < 4.78 is 34.7. The maximum atomic E-state index is 12.4. The Morgan fingerprint density at radius 3 is 2.66 bits per heavy atom. The molecule has 0 saturated carbocycles. The number of hydrogen-bond acceptors (Lipinski definition) is 4. The van der Waals surface area contributed by atoms with Crippen LogP contribution in [0.2, 0.25) is 5.02 Å². The van der Waals surface area contributed by atoms with Crippen LogP contribution in [0.3, 0.4) is 0 Å². The van der Waals surface area contributed by atoms with Gasteiger partial charge >= 0.3 is 6.61 Å². The minimum Gasteiger partial charge on any atom is -0.489 e. The molecule has 1 aromatic heterocycles. The van der Waals surface area contributed by atoms with Crippen LogP contribution in [0.15, 0.2) is 47.8 Å². The summed E-state index contributed by atoms with van der Waals surface area (Å²) in [6.07, 6.45) is 0. The van der Waals surface area contributed by atoms with Gasteiger partial charge in [0.05, 0.1) is 9.90 Å². The highest BCUT2D eigenvalue weighted by atomic mass is 35.5. The third kappa shape index (κ3) is 5.68. The first-order valence-electron chi connectivity index (χ1n) is 8.65. The topological polar surface area (TPSA) is 47.6 Å². The predicted molar refractivity (Wildman–Crippen MR) is 111 cm³/mol. The highest BCUT2D eigenvalue weighted by molar-refractivity contribution is 7.12. The second-order valence-corrected chi connectivity index (χ2v) is 7.67. The van der Waals surface area contributed by atoms with Crippen LogP contribution in [0.1, 0.15) is 26.4 Å². The summed E-state index contributed by atoms with van der Waals surface area (Å²) in [5, 5.41) is 4.52. The zero-order valence-electron chi connectivity index (χ0n) is 15.7. The summed E-state index contributed by atoms with van der Waals surface area (Å²) >= 11 is 7.19. The first kappa shape index (κ1) is 21.1. The van der Waals surface area contributed by atoms with Crippen molar-refractivity contribution in [2.45, 2.75) is 27.1 Å². The average Bonchev–Trinajstić information content (AvgIpc) is 3.13. The van der Waals surface area contributed by atoms with Gasteiger partial charge in [0.25, 0.3) is 5.91 Å². The summed E-state index contributed by atoms with van der Waals surface area (Å²) in [6.45, 7) is 1.35. The molecule has 1 heterocycles. The number of ether oxygens (including phenoxy) is 2. The normalized spacial score (nSPS) is 10.8. The summed E-state index contributed by atoms with van der Waals surface area (Å²) in [5.74, 6) is 0.330. The smallest absolute Gasteiger partial charge is 0.387 e.